The average molecular weight is 337 g/mol. The van der Waals surface area contributed by atoms with Gasteiger partial charge < -0.3 is 9.64 Å². The molecule has 1 fully saturated rings. The zero-order valence-electron chi connectivity index (χ0n) is 12.5. The molecule has 0 saturated carbocycles. The maximum atomic E-state index is 12.5. The molecule has 0 spiro atoms. The minimum Gasteiger partial charge on any atom is -0.370 e. The zero-order chi connectivity index (χ0) is 15.8. The number of piperidine rings is 1. The largest absolute Gasteiger partial charge is 0.370 e. The molecule has 9 heteroatoms. The summed E-state index contributed by atoms with van der Waals surface area (Å²) in [4.78, 5) is 14.4. The molecule has 0 aliphatic carbocycles. The van der Waals surface area contributed by atoms with Crippen LogP contribution in [0.5, 0.6) is 0 Å². The highest BCUT2D eigenvalue weighted by atomic mass is 35.5. The summed E-state index contributed by atoms with van der Waals surface area (Å²) in [5, 5.41) is 12.8. The molecular weight excluding hydrogens is 320 g/mol. The van der Waals surface area contributed by atoms with E-state index in [0.29, 0.717) is 37.7 Å². The van der Waals surface area contributed by atoms with Crippen LogP contribution in [-0.4, -0.2) is 54.8 Å². The predicted molar refractivity (Wildman–Crippen MR) is 80.7 cm³/mol. The number of nitrogens with zero attached hydrogens (tertiary/aromatic N) is 6. The fraction of sp³-hybridized carbons (Fsp3) is 0.571. The van der Waals surface area contributed by atoms with Crippen molar-refractivity contribution in [2.75, 3.05) is 13.1 Å². The van der Waals surface area contributed by atoms with Crippen LogP contribution in [0.2, 0.25) is 5.02 Å². The van der Waals surface area contributed by atoms with E-state index in [1.165, 1.54) is 0 Å². The summed E-state index contributed by atoms with van der Waals surface area (Å²) in [6, 6.07) is 0.0538. The molecule has 122 valence electrons. The normalized spacial score (nSPS) is 23.4. The number of aryl methyl sites for hydroxylation is 1. The van der Waals surface area contributed by atoms with Crippen LogP contribution in [0.15, 0.2) is 18.6 Å². The zero-order valence-corrected chi connectivity index (χ0v) is 13.3. The Labute approximate surface area is 138 Å². The first-order valence-corrected chi connectivity index (χ1v) is 8.05. The van der Waals surface area contributed by atoms with Gasteiger partial charge in [0, 0.05) is 32.3 Å². The molecular formula is C14H17ClN6O2. The van der Waals surface area contributed by atoms with Crippen LogP contribution in [-0.2, 0) is 22.7 Å². The molecule has 2 aromatic heterocycles. The van der Waals surface area contributed by atoms with Crippen molar-refractivity contribution in [2.24, 2.45) is 0 Å². The Morgan fingerprint density at radius 3 is 3.17 bits per heavy atom. The van der Waals surface area contributed by atoms with Gasteiger partial charge in [0.15, 0.2) is 0 Å². The number of likely N-dealkylation sites (tertiary alicyclic amines) is 1. The summed E-state index contributed by atoms with van der Waals surface area (Å²) < 4.78 is 9.45. The number of carbonyl (C=O) groups is 1. The number of amides is 1. The fourth-order valence-electron chi connectivity index (χ4n) is 3.23. The molecule has 2 aliphatic rings. The average Bonchev–Trinajstić information content (AvgIpc) is 3.20. The number of ether oxygens (including phenoxy) is 1. The van der Waals surface area contributed by atoms with E-state index in [1.807, 2.05) is 9.58 Å². The van der Waals surface area contributed by atoms with Crippen LogP contribution in [0.25, 0.3) is 0 Å². The molecule has 23 heavy (non-hydrogen) atoms. The molecule has 1 amide bonds. The Hall–Kier alpha value is -1.93. The standard InChI is InChI=1S/C14H17ClN6O2/c15-10-5-17-20(7-10)4-2-14(22)19-3-1-13-12(8-19)21-11(9-23-13)6-16-18-21/h5-7,12-13H,1-4,8-9H2/t12-,13+/m0/s1. The van der Waals surface area contributed by atoms with Gasteiger partial charge in [-0.15, -0.1) is 5.10 Å². The number of fused-ring (bicyclic) bond motifs is 3. The molecule has 2 atom stereocenters. The van der Waals surface area contributed by atoms with E-state index in [9.17, 15) is 4.79 Å². The van der Waals surface area contributed by atoms with E-state index >= 15 is 0 Å². The van der Waals surface area contributed by atoms with Crippen molar-refractivity contribution in [2.45, 2.75) is 38.1 Å². The second kappa shape index (κ2) is 5.93. The van der Waals surface area contributed by atoms with E-state index in [1.54, 1.807) is 23.3 Å². The van der Waals surface area contributed by atoms with Crippen molar-refractivity contribution in [3.63, 3.8) is 0 Å². The maximum absolute atomic E-state index is 12.5. The monoisotopic (exact) mass is 336 g/mol. The van der Waals surface area contributed by atoms with Crippen molar-refractivity contribution in [3.05, 3.63) is 29.3 Å². The van der Waals surface area contributed by atoms with E-state index in [4.69, 9.17) is 16.3 Å². The lowest BCUT2D eigenvalue weighted by atomic mass is 10.00. The minimum atomic E-state index is 0.0538. The second-order valence-electron chi connectivity index (χ2n) is 5.89. The third-order valence-electron chi connectivity index (χ3n) is 4.44. The second-order valence-corrected chi connectivity index (χ2v) is 6.32. The number of halogens is 1. The van der Waals surface area contributed by atoms with Crippen molar-refractivity contribution in [1.29, 1.82) is 0 Å². The van der Waals surface area contributed by atoms with Gasteiger partial charge in [-0.2, -0.15) is 5.10 Å². The molecule has 8 nitrogen and oxygen atoms in total. The van der Waals surface area contributed by atoms with Crippen LogP contribution < -0.4 is 0 Å². The Bertz CT molecular complexity index is 714. The fourth-order valence-corrected chi connectivity index (χ4v) is 3.39. The molecule has 0 unspecified atom stereocenters. The van der Waals surface area contributed by atoms with Crippen LogP contribution in [0.3, 0.4) is 0 Å². The van der Waals surface area contributed by atoms with Crippen molar-refractivity contribution >= 4 is 17.5 Å². The smallest absolute Gasteiger partial charge is 0.224 e. The Morgan fingerprint density at radius 2 is 2.35 bits per heavy atom. The van der Waals surface area contributed by atoms with Crippen molar-refractivity contribution in [1.82, 2.24) is 29.7 Å². The summed E-state index contributed by atoms with van der Waals surface area (Å²) in [7, 11) is 0. The third-order valence-corrected chi connectivity index (χ3v) is 4.63. The quantitative estimate of drug-likeness (QED) is 0.832. The summed E-state index contributed by atoms with van der Waals surface area (Å²) >= 11 is 5.83. The van der Waals surface area contributed by atoms with Crippen LogP contribution in [0.4, 0.5) is 0 Å². The minimum absolute atomic E-state index is 0.0538. The number of carbonyl (C=O) groups excluding carboxylic acids is 1. The summed E-state index contributed by atoms with van der Waals surface area (Å²) in [6.45, 7) is 2.40. The number of hydrogen-bond acceptors (Lipinski definition) is 5. The lowest BCUT2D eigenvalue weighted by Gasteiger charge is -2.41. The van der Waals surface area contributed by atoms with E-state index in [-0.39, 0.29) is 18.1 Å². The van der Waals surface area contributed by atoms with Gasteiger partial charge in [0.2, 0.25) is 5.91 Å². The van der Waals surface area contributed by atoms with E-state index in [2.05, 4.69) is 15.4 Å². The van der Waals surface area contributed by atoms with Gasteiger partial charge in [0.25, 0.3) is 0 Å². The summed E-state index contributed by atoms with van der Waals surface area (Å²) in [5.74, 6) is 0.113. The molecule has 2 aliphatic heterocycles. The predicted octanol–water partition coefficient (Wildman–Crippen LogP) is 0.890. The van der Waals surface area contributed by atoms with E-state index in [0.717, 1.165) is 12.1 Å². The number of hydrogen-bond donors (Lipinski definition) is 0. The molecule has 2 aromatic rings. The Balaban J connectivity index is 1.40. The highest BCUT2D eigenvalue weighted by Crippen LogP contribution is 2.30. The van der Waals surface area contributed by atoms with Gasteiger partial charge in [0.05, 0.1) is 41.9 Å². The van der Waals surface area contributed by atoms with Gasteiger partial charge in [-0.1, -0.05) is 16.8 Å². The molecule has 0 bridgehead atoms. The van der Waals surface area contributed by atoms with Gasteiger partial charge in [-0.25, -0.2) is 4.68 Å². The van der Waals surface area contributed by atoms with Gasteiger partial charge in [-0.3, -0.25) is 9.48 Å². The van der Waals surface area contributed by atoms with Crippen molar-refractivity contribution in [3.8, 4) is 0 Å². The maximum Gasteiger partial charge on any atom is 0.224 e. The Kier molecular flexibility index (Phi) is 3.78. The van der Waals surface area contributed by atoms with Crippen LogP contribution in [0, 0.1) is 0 Å². The SMILES string of the molecule is O=C(CCn1cc(Cl)cn1)N1CC[C@H]2OCc3cnnn3[C@H]2C1. The van der Waals surface area contributed by atoms with Crippen molar-refractivity contribution < 1.29 is 9.53 Å². The first kappa shape index (κ1) is 14.6. The first-order chi connectivity index (χ1) is 11.2. The molecule has 4 heterocycles. The van der Waals surface area contributed by atoms with Crippen LogP contribution >= 0.6 is 11.6 Å². The van der Waals surface area contributed by atoms with Crippen LogP contribution in [0.1, 0.15) is 24.6 Å². The Morgan fingerprint density at radius 1 is 1.43 bits per heavy atom. The molecule has 0 aromatic carbocycles. The first-order valence-electron chi connectivity index (χ1n) is 7.67. The molecule has 4 rings (SSSR count). The lowest BCUT2D eigenvalue weighted by molar-refractivity contribution is -0.138. The van der Waals surface area contributed by atoms with Gasteiger partial charge in [0.1, 0.15) is 0 Å². The summed E-state index contributed by atoms with van der Waals surface area (Å²) in [5.41, 5.74) is 0.965. The van der Waals surface area contributed by atoms with Gasteiger partial charge >= 0.3 is 0 Å². The number of rotatable bonds is 3. The lowest BCUT2D eigenvalue weighted by Crippen LogP contribution is -2.50. The molecule has 1 saturated heterocycles. The third kappa shape index (κ3) is 2.84. The topological polar surface area (TPSA) is 78.1 Å². The molecule has 0 radical (unpaired) electrons. The van der Waals surface area contributed by atoms with Gasteiger partial charge in [-0.05, 0) is 6.42 Å². The molecule has 0 N–H and O–H groups in total. The highest BCUT2D eigenvalue weighted by molar-refractivity contribution is 6.30. The van der Waals surface area contributed by atoms with E-state index < -0.39 is 0 Å². The highest BCUT2D eigenvalue weighted by Gasteiger charge is 2.37. The number of aromatic nitrogens is 5. The summed E-state index contributed by atoms with van der Waals surface area (Å²) in [6.07, 6.45) is 6.35.